The Bertz CT molecular complexity index is 2430. The Balaban J connectivity index is 1.25. The molecule has 1 aliphatic heterocycles. The van der Waals surface area contributed by atoms with Gasteiger partial charge >= 0.3 is 11.9 Å². The molecule has 0 spiro atoms. The van der Waals surface area contributed by atoms with Gasteiger partial charge in [0.1, 0.15) is 36.6 Å². The molecular weight excluding hydrogens is 833 g/mol. The van der Waals surface area contributed by atoms with Gasteiger partial charge in [-0.05, 0) is 59.4 Å². The summed E-state index contributed by atoms with van der Waals surface area (Å²) in [6, 6.07) is 53.0. The van der Waals surface area contributed by atoms with Gasteiger partial charge in [-0.3, -0.25) is 0 Å². The highest BCUT2D eigenvalue weighted by molar-refractivity contribution is 5.90. The van der Waals surface area contributed by atoms with Crippen LogP contribution in [0.15, 0.2) is 182 Å². The first kappa shape index (κ1) is 42.6. The van der Waals surface area contributed by atoms with E-state index in [0.717, 1.165) is 6.42 Å². The van der Waals surface area contributed by atoms with Crippen LogP contribution < -0.4 is 0 Å². The summed E-state index contributed by atoms with van der Waals surface area (Å²) in [5.41, 5.74) is 2.83. The maximum absolute atomic E-state index is 13.8. The van der Waals surface area contributed by atoms with Crippen molar-refractivity contribution in [3.63, 3.8) is 0 Å². The molecule has 10 heteroatoms. The summed E-state index contributed by atoms with van der Waals surface area (Å²) in [4.78, 5) is 27.4. The summed E-state index contributed by atoms with van der Waals surface area (Å²) < 4.78 is 88.7. The predicted octanol–water partition coefficient (Wildman–Crippen LogP) is 10.7. The third-order valence-electron chi connectivity index (χ3n) is 10.8. The number of carbonyl (C=O) groups is 2. The van der Waals surface area contributed by atoms with Crippen molar-refractivity contribution in [2.75, 3.05) is 13.2 Å². The Morgan fingerprint density at radius 1 is 0.500 bits per heavy atom. The van der Waals surface area contributed by atoms with Gasteiger partial charge in [0.2, 0.25) is 0 Å². The minimum absolute atomic E-state index is 0.0217. The first-order valence-electron chi connectivity index (χ1n) is 24.7. The van der Waals surface area contributed by atoms with E-state index in [4.69, 9.17) is 39.3 Å². The number of ether oxygens (including phenoxy) is 8. The Morgan fingerprint density at radius 3 is 1.35 bits per heavy atom. The van der Waals surface area contributed by atoms with Crippen LogP contribution in [-0.4, -0.2) is 68.1 Å². The van der Waals surface area contributed by atoms with Crippen molar-refractivity contribution in [3.05, 3.63) is 215 Å². The van der Waals surface area contributed by atoms with Crippen molar-refractivity contribution >= 4 is 11.9 Å². The van der Waals surface area contributed by atoms with Gasteiger partial charge in [-0.1, -0.05) is 171 Å². The molecule has 0 aromatic heterocycles. The zero-order valence-corrected chi connectivity index (χ0v) is 37.0. The molecule has 10 nitrogen and oxygen atoms in total. The van der Waals surface area contributed by atoms with E-state index in [1.165, 1.54) is 0 Å². The lowest BCUT2D eigenvalue weighted by atomic mass is 9.97. The van der Waals surface area contributed by atoms with Gasteiger partial charge in [0.15, 0.2) is 6.29 Å². The molecule has 0 bridgehead atoms. The van der Waals surface area contributed by atoms with Gasteiger partial charge in [0, 0.05) is 6.42 Å². The van der Waals surface area contributed by atoms with Crippen molar-refractivity contribution in [2.24, 2.45) is 0 Å². The number of rotatable bonds is 25. The van der Waals surface area contributed by atoms with E-state index in [0.29, 0.717) is 46.2 Å². The van der Waals surface area contributed by atoms with Gasteiger partial charge in [-0.25, -0.2) is 9.59 Å². The molecule has 1 fully saturated rings. The standard InChI is InChI=1S/C56H60O10/c1-2-3-34-48(64-54(57)46-30-18-8-19-31-46)49(65-55(58)47-32-20-9-21-33-47)35-36-60-56-53(63-40-45-28-16-7-17-29-45)52(62-39-44-26-14-6-15-27-44)51(61-38-43-24-12-5-13-25-43)50(66-56)41-59-37-42-22-10-4-11-23-42/h4-33,48-53,56H,2-3,34-41H2,1H3/t48?,49?,50-,51+,52+,53-,56?/m1/s1/i37D,38D,39D,40D/t37?,38?,39?,40?,48?,49?,50-,51+,52+,53-,56?. The minimum Gasteiger partial charge on any atom is -0.455 e. The molecule has 7 rings (SSSR count). The van der Waals surface area contributed by atoms with E-state index in [1.54, 1.807) is 146 Å². The Labute approximate surface area is 394 Å². The molecule has 6 aromatic rings. The molecule has 0 saturated carbocycles. The molecule has 7 unspecified atom stereocenters. The van der Waals surface area contributed by atoms with Crippen LogP contribution in [0.1, 0.15) is 81.1 Å². The SMILES string of the molecule is [2H]C(OC[C@H]1OC(OCCC(OC(=O)c2ccccc2)C(CCCC)OC(=O)c2ccccc2)[C@H](OC([2H])c2ccccc2)[C@@H](OC([2H])c2ccccc2)[C@H]1OC([2H])c1ccccc1)c1ccccc1. The summed E-state index contributed by atoms with van der Waals surface area (Å²) in [6.07, 6.45) is -6.20. The topological polar surface area (TPSA) is 108 Å². The third-order valence-corrected chi connectivity index (χ3v) is 10.8. The Morgan fingerprint density at radius 2 is 0.894 bits per heavy atom. The molecular formula is C56H60O10. The first-order chi connectivity index (χ1) is 34.2. The molecule has 66 heavy (non-hydrogen) atoms. The third kappa shape index (κ3) is 14.8. The summed E-state index contributed by atoms with van der Waals surface area (Å²) in [5, 5.41) is 0. The monoisotopic (exact) mass is 896 g/mol. The summed E-state index contributed by atoms with van der Waals surface area (Å²) in [5.74, 6) is -1.18. The molecule has 11 atom stereocenters. The fraction of sp³-hybridized carbons (Fsp3) is 0.321. The second-order valence-corrected chi connectivity index (χ2v) is 15.7. The van der Waals surface area contributed by atoms with Crippen molar-refractivity contribution in [1.29, 1.82) is 0 Å². The van der Waals surface area contributed by atoms with Crippen LogP contribution in [-0.2, 0) is 64.2 Å². The molecule has 0 radical (unpaired) electrons. The molecule has 0 amide bonds. The molecule has 6 aromatic carbocycles. The van der Waals surface area contributed by atoms with E-state index < -0.39 is 81.2 Å². The van der Waals surface area contributed by atoms with Gasteiger partial charge in [-0.15, -0.1) is 0 Å². The maximum Gasteiger partial charge on any atom is 0.338 e. The van der Waals surface area contributed by atoms with Crippen molar-refractivity contribution in [1.82, 2.24) is 0 Å². The number of esters is 2. The molecule has 0 N–H and O–H groups in total. The van der Waals surface area contributed by atoms with Gasteiger partial charge < -0.3 is 37.9 Å². The molecule has 344 valence electrons. The maximum atomic E-state index is 13.8. The van der Waals surface area contributed by atoms with Crippen LogP contribution in [0.3, 0.4) is 0 Å². The average molecular weight is 897 g/mol. The molecule has 1 saturated heterocycles. The number of hydrogen-bond acceptors (Lipinski definition) is 10. The summed E-state index contributed by atoms with van der Waals surface area (Å²) in [7, 11) is 0. The van der Waals surface area contributed by atoms with Gasteiger partial charge in [0.25, 0.3) is 0 Å². The lowest BCUT2D eigenvalue weighted by Crippen LogP contribution is -2.62. The van der Waals surface area contributed by atoms with E-state index in [1.807, 2.05) is 43.3 Å². The molecule has 1 heterocycles. The smallest absolute Gasteiger partial charge is 0.338 e. The Hall–Kier alpha value is -5.98. The average Bonchev–Trinajstić information content (AvgIpc) is 3.41. The lowest BCUT2D eigenvalue weighted by Gasteiger charge is -2.46. The highest BCUT2D eigenvalue weighted by Crippen LogP contribution is 2.32. The number of benzene rings is 6. The van der Waals surface area contributed by atoms with Crippen LogP contribution in [0.2, 0.25) is 0 Å². The normalized spacial score (nSPS) is 21.9. The Kier molecular flexibility index (Phi) is 17.0. The van der Waals surface area contributed by atoms with Crippen LogP contribution in [0, 0.1) is 0 Å². The lowest BCUT2D eigenvalue weighted by molar-refractivity contribution is -0.329. The van der Waals surface area contributed by atoms with E-state index in [9.17, 15) is 13.7 Å². The van der Waals surface area contributed by atoms with Crippen LogP contribution in [0.25, 0.3) is 0 Å². The largest absolute Gasteiger partial charge is 0.455 e. The van der Waals surface area contributed by atoms with Crippen molar-refractivity contribution in [2.45, 2.75) is 102 Å². The van der Waals surface area contributed by atoms with Crippen molar-refractivity contribution < 1.29 is 53.0 Å². The molecule has 0 aliphatic carbocycles. The highest BCUT2D eigenvalue weighted by Gasteiger charge is 2.49. The minimum atomic E-state index is -1.36. The highest BCUT2D eigenvalue weighted by atomic mass is 16.7. The van der Waals surface area contributed by atoms with E-state index in [2.05, 4.69) is 0 Å². The quantitative estimate of drug-likeness (QED) is 0.0516. The number of carbonyl (C=O) groups excluding carboxylic acids is 2. The number of hydrogen-bond donors (Lipinski definition) is 0. The van der Waals surface area contributed by atoms with Crippen LogP contribution in [0.5, 0.6) is 0 Å². The van der Waals surface area contributed by atoms with Crippen molar-refractivity contribution in [3.8, 4) is 0 Å². The van der Waals surface area contributed by atoms with E-state index >= 15 is 0 Å². The summed E-state index contributed by atoms with van der Waals surface area (Å²) in [6.45, 7) is -3.41. The zero-order chi connectivity index (χ0) is 49.1. The van der Waals surface area contributed by atoms with Gasteiger partial charge in [0.05, 0.1) is 56.2 Å². The summed E-state index contributed by atoms with van der Waals surface area (Å²) >= 11 is 0. The predicted molar refractivity (Wildman–Crippen MR) is 251 cm³/mol. The molecule has 1 aliphatic rings. The fourth-order valence-electron chi connectivity index (χ4n) is 7.35. The zero-order valence-electron chi connectivity index (χ0n) is 41.0. The van der Waals surface area contributed by atoms with E-state index in [-0.39, 0.29) is 19.6 Å². The van der Waals surface area contributed by atoms with Crippen LogP contribution in [0.4, 0.5) is 0 Å². The first-order valence-corrected chi connectivity index (χ1v) is 22.4. The second kappa shape index (κ2) is 26.2. The second-order valence-electron chi connectivity index (χ2n) is 15.7. The van der Waals surface area contributed by atoms with Gasteiger partial charge in [-0.2, -0.15) is 0 Å². The fourth-order valence-corrected chi connectivity index (χ4v) is 7.35. The van der Waals surface area contributed by atoms with Crippen LogP contribution >= 0.6 is 0 Å². The number of unbranched alkanes of at least 4 members (excludes halogenated alkanes) is 1.